The second kappa shape index (κ2) is 7.69. The molecule has 2 aromatic carbocycles. The second-order valence-corrected chi connectivity index (χ2v) is 7.53. The Bertz CT molecular complexity index is 888. The topological polar surface area (TPSA) is 76.4 Å². The Morgan fingerprint density at radius 2 is 2.00 bits per heavy atom. The molecule has 0 aliphatic carbocycles. The van der Waals surface area contributed by atoms with E-state index in [9.17, 15) is 8.42 Å². The van der Waals surface area contributed by atoms with E-state index >= 15 is 0 Å². The summed E-state index contributed by atoms with van der Waals surface area (Å²) in [6, 6.07) is 12.1. The van der Waals surface area contributed by atoms with E-state index in [4.69, 9.17) is 14.2 Å². The van der Waals surface area contributed by atoms with Crippen molar-refractivity contribution in [1.82, 2.24) is 0 Å². The smallest absolute Gasteiger partial charge is 0.313 e. The van der Waals surface area contributed by atoms with E-state index in [1.165, 1.54) is 12.1 Å². The highest BCUT2D eigenvalue weighted by atomic mass is 79.9. The van der Waals surface area contributed by atoms with Crippen LogP contribution in [0.4, 0.5) is 0 Å². The molecule has 2 aromatic rings. The van der Waals surface area contributed by atoms with Gasteiger partial charge in [0, 0.05) is 6.07 Å². The van der Waals surface area contributed by atoms with Crippen LogP contribution >= 0.6 is 15.9 Å². The van der Waals surface area contributed by atoms with Crippen LogP contribution in [-0.2, 0) is 15.9 Å². The Kier molecular flexibility index (Phi) is 5.86. The van der Waals surface area contributed by atoms with Crippen LogP contribution in [0.3, 0.4) is 0 Å². The van der Waals surface area contributed by atoms with Crippen LogP contribution in [0, 0.1) is 18.3 Å². The Morgan fingerprint density at radius 3 is 2.62 bits per heavy atom. The van der Waals surface area contributed by atoms with Gasteiger partial charge in [0.15, 0.2) is 11.5 Å². The Balaban J connectivity index is 2.33. The van der Waals surface area contributed by atoms with Crippen molar-refractivity contribution in [3.8, 4) is 17.6 Å². The van der Waals surface area contributed by atoms with Gasteiger partial charge in [-0.25, -0.2) is 0 Å². The van der Waals surface area contributed by atoms with E-state index in [0.717, 1.165) is 5.56 Å². The number of hydrogen-bond acceptors (Lipinski definition) is 5. The van der Waals surface area contributed by atoms with Crippen molar-refractivity contribution in [3.63, 3.8) is 0 Å². The lowest BCUT2D eigenvalue weighted by molar-refractivity contribution is 0.327. The second-order valence-electron chi connectivity index (χ2n) is 5.10. The molecule has 0 unspecified atom stereocenters. The van der Waals surface area contributed by atoms with Crippen LogP contribution in [-0.4, -0.2) is 15.0 Å². The average molecular weight is 410 g/mol. The molecule has 0 saturated heterocycles. The number of hydrogen-bond donors (Lipinski definition) is 0. The molecule has 0 atom stereocenters. The van der Waals surface area contributed by atoms with Gasteiger partial charge in [-0.1, -0.05) is 29.8 Å². The highest BCUT2D eigenvalue weighted by Crippen LogP contribution is 2.38. The van der Waals surface area contributed by atoms with Gasteiger partial charge in [0.25, 0.3) is 0 Å². The van der Waals surface area contributed by atoms with Gasteiger partial charge in [-0.2, -0.15) is 13.7 Å². The summed E-state index contributed by atoms with van der Waals surface area (Å²) in [5.74, 6) is -0.00749. The Labute approximate surface area is 150 Å². The molecule has 0 N–H and O–H groups in total. The van der Waals surface area contributed by atoms with Crippen molar-refractivity contribution in [1.29, 1.82) is 5.26 Å². The lowest BCUT2D eigenvalue weighted by atomic mass is 10.2. The minimum Gasteiger partial charge on any atom is -0.490 e. The number of nitriles is 1. The van der Waals surface area contributed by atoms with Gasteiger partial charge in [-0.15, -0.1) is 0 Å². The first-order valence-corrected chi connectivity index (χ1v) is 9.56. The summed E-state index contributed by atoms with van der Waals surface area (Å²) in [5, 5.41) is 9.01. The van der Waals surface area contributed by atoms with E-state index in [0.29, 0.717) is 22.2 Å². The molecular formula is C17H16BrNO4S. The lowest BCUT2D eigenvalue weighted by Crippen LogP contribution is -2.13. The van der Waals surface area contributed by atoms with Crippen LogP contribution in [0.5, 0.6) is 11.5 Å². The lowest BCUT2D eigenvalue weighted by Gasteiger charge is -2.14. The maximum absolute atomic E-state index is 12.4. The molecule has 0 amide bonds. The molecule has 0 aliphatic rings. The molecule has 0 saturated carbocycles. The molecule has 0 aliphatic heterocycles. The zero-order chi connectivity index (χ0) is 17.7. The van der Waals surface area contributed by atoms with Gasteiger partial charge in [0.2, 0.25) is 0 Å². The minimum atomic E-state index is -3.88. The summed E-state index contributed by atoms with van der Waals surface area (Å²) in [7, 11) is -3.88. The molecule has 0 radical (unpaired) electrons. The minimum absolute atomic E-state index is 0.0449. The van der Waals surface area contributed by atoms with Gasteiger partial charge in [0.1, 0.15) is 5.75 Å². The van der Waals surface area contributed by atoms with Crippen LogP contribution in [0.15, 0.2) is 40.9 Å². The number of ether oxygens (including phenoxy) is 1. The van der Waals surface area contributed by atoms with Crippen LogP contribution in [0.25, 0.3) is 0 Å². The highest BCUT2D eigenvalue weighted by molar-refractivity contribution is 9.10. The molecule has 7 heteroatoms. The van der Waals surface area contributed by atoms with Gasteiger partial charge in [-0.05, 0) is 41.4 Å². The van der Waals surface area contributed by atoms with Crippen LogP contribution < -0.4 is 8.92 Å². The third-order valence-electron chi connectivity index (χ3n) is 3.07. The maximum Gasteiger partial charge on any atom is 0.313 e. The fraction of sp³-hybridized carbons (Fsp3) is 0.235. The van der Waals surface area contributed by atoms with E-state index in [1.54, 1.807) is 25.1 Å². The zero-order valence-electron chi connectivity index (χ0n) is 13.2. The van der Waals surface area contributed by atoms with Crippen molar-refractivity contribution in [3.05, 3.63) is 57.6 Å². The molecule has 0 spiro atoms. The van der Waals surface area contributed by atoms with Gasteiger partial charge >= 0.3 is 10.1 Å². The normalized spacial score (nSPS) is 10.9. The number of benzene rings is 2. The van der Waals surface area contributed by atoms with Crippen molar-refractivity contribution >= 4 is 26.0 Å². The molecule has 0 heterocycles. The first-order valence-electron chi connectivity index (χ1n) is 7.18. The molecule has 126 valence electrons. The summed E-state index contributed by atoms with van der Waals surface area (Å²) in [4.78, 5) is 0. The van der Waals surface area contributed by atoms with Gasteiger partial charge in [0.05, 0.1) is 22.7 Å². The SMILES string of the molecule is CCOc1cc(C#N)cc(Br)c1OS(=O)(=O)Cc1cccc(C)c1. The van der Waals surface area contributed by atoms with E-state index in [2.05, 4.69) is 15.9 Å². The van der Waals surface area contributed by atoms with Crippen molar-refractivity contribution in [2.24, 2.45) is 0 Å². The van der Waals surface area contributed by atoms with Crippen molar-refractivity contribution < 1.29 is 17.3 Å². The molecule has 0 fully saturated rings. The molecule has 24 heavy (non-hydrogen) atoms. The first kappa shape index (κ1) is 18.3. The molecule has 0 bridgehead atoms. The zero-order valence-corrected chi connectivity index (χ0v) is 15.6. The van der Waals surface area contributed by atoms with E-state index in [-0.39, 0.29) is 17.3 Å². The van der Waals surface area contributed by atoms with Crippen molar-refractivity contribution in [2.45, 2.75) is 19.6 Å². The van der Waals surface area contributed by atoms with Gasteiger partial charge in [-0.3, -0.25) is 0 Å². The van der Waals surface area contributed by atoms with Crippen LogP contribution in [0.1, 0.15) is 23.6 Å². The summed E-state index contributed by atoms with van der Waals surface area (Å²) in [6.45, 7) is 3.97. The fourth-order valence-electron chi connectivity index (χ4n) is 2.14. The predicted octanol–water partition coefficient (Wildman–Crippen LogP) is 3.94. The number of aryl methyl sites for hydroxylation is 1. The molecule has 2 rings (SSSR count). The monoisotopic (exact) mass is 409 g/mol. The third kappa shape index (κ3) is 4.73. The standard InChI is InChI=1S/C17H16BrNO4S/c1-3-22-16-9-14(10-19)8-15(18)17(16)23-24(20,21)11-13-6-4-5-12(2)7-13/h4-9H,3,11H2,1-2H3. The summed E-state index contributed by atoms with van der Waals surface area (Å²) in [5.41, 5.74) is 1.95. The van der Waals surface area contributed by atoms with E-state index < -0.39 is 10.1 Å². The first-order chi connectivity index (χ1) is 11.3. The third-order valence-corrected chi connectivity index (χ3v) is 4.77. The number of rotatable bonds is 6. The largest absolute Gasteiger partial charge is 0.490 e. The molecule has 0 aromatic heterocycles. The average Bonchev–Trinajstić information content (AvgIpc) is 2.50. The maximum atomic E-state index is 12.4. The quantitative estimate of drug-likeness (QED) is 0.675. The van der Waals surface area contributed by atoms with Crippen molar-refractivity contribution in [2.75, 3.05) is 6.61 Å². The predicted molar refractivity (Wildman–Crippen MR) is 94.5 cm³/mol. The Hall–Kier alpha value is -2.04. The summed E-state index contributed by atoms with van der Waals surface area (Å²) < 4.78 is 35.8. The Morgan fingerprint density at radius 1 is 1.25 bits per heavy atom. The molecular weight excluding hydrogens is 394 g/mol. The highest BCUT2D eigenvalue weighted by Gasteiger charge is 2.21. The number of nitrogens with zero attached hydrogens (tertiary/aromatic N) is 1. The van der Waals surface area contributed by atoms with E-state index in [1.807, 2.05) is 19.1 Å². The number of halogens is 1. The summed E-state index contributed by atoms with van der Waals surface area (Å²) in [6.07, 6.45) is 0. The summed E-state index contributed by atoms with van der Waals surface area (Å²) >= 11 is 3.24. The fourth-order valence-corrected chi connectivity index (χ4v) is 3.84. The van der Waals surface area contributed by atoms with Gasteiger partial charge < -0.3 is 8.92 Å². The molecule has 5 nitrogen and oxygen atoms in total. The van der Waals surface area contributed by atoms with Crippen LogP contribution in [0.2, 0.25) is 0 Å².